The number of aryl methyl sites for hydroxylation is 1. The molecule has 1 unspecified atom stereocenters. The van der Waals surface area contributed by atoms with E-state index in [2.05, 4.69) is 45.9 Å². The monoisotopic (exact) mass is 401 g/mol. The molecule has 0 bridgehead atoms. The second kappa shape index (κ2) is 7.87. The van der Waals surface area contributed by atoms with E-state index in [1.165, 1.54) is 0 Å². The van der Waals surface area contributed by atoms with Crippen LogP contribution in [0.5, 0.6) is 0 Å². The van der Waals surface area contributed by atoms with Crippen LogP contribution in [0.25, 0.3) is 0 Å². The molecule has 0 spiro atoms. The summed E-state index contributed by atoms with van der Waals surface area (Å²) >= 11 is 0. The van der Waals surface area contributed by atoms with Crippen molar-refractivity contribution < 1.29 is 9.21 Å². The van der Waals surface area contributed by atoms with Gasteiger partial charge in [0.1, 0.15) is 0 Å². The maximum absolute atomic E-state index is 13.1. The van der Waals surface area contributed by atoms with Crippen molar-refractivity contribution in [3.05, 3.63) is 24.2 Å². The van der Waals surface area contributed by atoms with Crippen LogP contribution in [-0.2, 0) is 23.8 Å². The zero-order valence-corrected chi connectivity index (χ0v) is 17.8. The first-order valence-electron chi connectivity index (χ1n) is 10.4. The minimum atomic E-state index is -0.133. The number of amides is 1. The molecule has 2 aromatic heterocycles. The van der Waals surface area contributed by atoms with Crippen LogP contribution in [0.15, 0.2) is 16.8 Å². The summed E-state index contributed by atoms with van der Waals surface area (Å²) in [5.41, 5.74) is 0.762. The largest absolute Gasteiger partial charge is 0.423 e. The van der Waals surface area contributed by atoms with Gasteiger partial charge in [0.25, 0.3) is 0 Å². The van der Waals surface area contributed by atoms with Crippen molar-refractivity contribution in [2.45, 2.75) is 51.6 Å². The molecule has 4 heterocycles. The molecule has 2 saturated heterocycles. The molecular formula is C20H31N7O2. The molecule has 0 N–H and O–H groups in total. The van der Waals surface area contributed by atoms with E-state index in [0.29, 0.717) is 18.3 Å². The van der Waals surface area contributed by atoms with Crippen LogP contribution in [0.4, 0.5) is 5.69 Å². The number of aromatic nitrogens is 4. The van der Waals surface area contributed by atoms with Crippen LogP contribution < -0.4 is 4.90 Å². The summed E-state index contributed by atoms with van der Waals surface area (Å²) in [6, 6.07) is -0.0398. The molecule has 2 fully saturated rings. The lowest BCUT2D eigenvalue weighted by Gasteiger charge is -2.42. The Balaban J connectivity index is 1.33. The van der Waals surface area contributed by atoms with Gasteiger partial charge in [-0.3, -0.25) is 19.3 Å². The zero-order chi connectivity index (χ0) is 20.6. The standard InChI is InChI=1S/C20H31N7O2/c1-20(2,3)19-23-22-17(29-19)14-25-8-10-26(11-9-25)16-6-5-7-27(18(16)28)15-12-21-24(4)13-15/h12-13,16H,5-11,14H2,1-4H3. The lowest BCUT2D eigenvalue weighted by molar-refractivity contribution is -0.126. The van der Waals surface area contributed by atoms with Crippen molar-refractivity contribution in [2.75, 3.05) is 37.6 Å². The maximum atomic E-state index is 13.1. The van der Waals surface area contributed by atoms with Gasteiger partial charge in [0.05, 0.1) is 24.5 Å². The number of piperidine rings is 1. The Morgan fingerprint density at radius 3 is 2.52 bits per heavy atom. The van der Waals surface area contributed by atoms with Crippen molar-refractivity contribution in [3.8, 4) is 0 Å². The van der Waals surface area contributed by atoms with Gasteiger partial charge in [-0.15, -0.1) is 10.2 Å². The first kappa shape index (κ1) is 20.0. The number of rotatable bonds is 4. The first-order valence-corrected chi connectivity index (χ1v) is 10.4. The Morgan fingerprint density at radius 2 is 1.90 bits per heavy atom. The molecule has 9 nitrogen and oxygen atoms in total. The third-order valence-corrected chi connectivity index (χ3v) is 5.73. The molecule has 29 heavy (non-hydrogen) atoms. The fourth-order valence-corrected chi connectivity index (χ4v) is 4.04. The van der Waals surface area contributed by atoms with Crippen LogP contribution in [0, 0.1) is 0 Å². The maximum Gasteiger partial charge on any atom is 0.244 e. The van der Waals surface area contributed by atoms with Crippen molar-refractivity contribution in [1.82, 2.24) is 29.8 Å². The van der Waals surface area contributed by atoms with Gasteiger partial charge in [-0.05, 0) is 12.8 Å². The summed E-state index contributed by atoms with van der Waals surface area (Å²) in [6.45, 7) is 11.2. The van der Waals surface area contributed by atoms with E-state index in [0.717, 1.165) is 51.3 Å². The average molecular weight is 402 g/mol. The van der Waals surface area contributed by atoms with Gasteiger partial charge in [-0.1, -0.05) is 20.8 Å². The Labute approximate surface area is 171 Å². The minimum Gasteiger partial charge on any atom is -0.423 e. The van der Waals surface area contributed by atoms with Crippen molar-refractivity contribution >= 4 is 11.6 Å². The Morgan fingerprint density at radius 1 is 1.14 bits per heavy atom. The third-order valence-electron chi connectivity index (χ3n) is 5.73. The van der Waals surface area contributed by atoms with Gasteiger partial charge in [0.15, 0.2) is 0 Å². The minimum absolute atomic E-state index is 0.0398. The predicted molar refractivity (Wildman–Crippen MR) is 108 cm³/mol. The van der Waals surface area contributed by atoms with Gasteiger partial charge >= 0.3 is 0 Å². The van der Waals surface area contributed by atoms with E-state index in [4.69, 9.17) is 4.42 Å². The topological polar surface area (TPSA) is 83.5 Å². The van der Waals surface area contributed by atoms with Crippen LogP contribution in [-0.4, -0.2) is 74.5 Å². The quantitative estimate of drug-likeness (QED) is 0.766. The lowest BCUT2D eigenvalue weighted by atomic mass is 9.97. The average Bonchev–Trinajstić information content (AvgIpc) is 3.32. The Kier molecular flexibility index (Phi) is 5.44. The molecule has 2 aliphatic rings. The van der Waals surface area contributed by atoms with Gasteiger partial charge in [-0.2, -0.15) is 5.10 Å². The number of carbonyl (C=O) groups excluding carboxylic acids is 1. The highest BCUT2D eigenvalue weighted by Gasteiger charge is 2.36. The summed E-state index contributed by atoms with van der Waals surface area (Å²) in [6.07, 6.45) is 5.63. The molecule has 4 rings (SSSR count). The summed E-state index contributed by atoms with van der Waals surface area (Å²) in [7, 11) is 1.88. The normalized spacial score (nSPS) is 22.4. The van der Waals surface area contributed by atoms with Gasteiger partial charge in [0, 0.05) is 51.4 Å². The second-order valence-electron chi connectivity index (χ2n) is 9.08. The molecule has 9 heteroatoms. The zero-order valence-electron chi connectivity index (χ0n) is 17.8. The smallest absolute Gasteiger partial charge is 0.244 e. The molecular weight excluding hydrogens is 370 g/mol. The molecule has 2 aromatic rings. The predicted octanol–water partition coefficient (Wildman–Crippen LogP) is 1.41. The number of nitrogens with zero attached hydrogens (tertiary/aromatic N) is 7. The van der Waals surface area contributed by atoms with E-state index in [1.807, 2.05) is 18.1 Å². The summed E-state index contributed by atoms with van der Waals surface area (Å²) in [5, 5.41) is 12.6. The van der Waals surface area contributed by atoms with Gasteiger partial charge in [-0.25, -0.2) is 0 Å². The van der Waals surface area contributed by atoms with Crippen LogP contribution in [0.2, 0.25) is 0 Å². The number of hydrogen-bond donors (Lipinski definition) is 0. The van der Waals surface area contributed by atoms with Gasteiger partial charge in [0.2, 0.25) is 17.7 Å². The molecule has 1 amide bonds. The highest BCUT2D eigenvalue weighted by atomic mass is 16.4. The van der Waals surface area contributed by atoms with E-state index in [9.17, 15) is 4.79 Å². The Hall–Kier alpha value is -2.26. The SMILES string of the molecule is Cn1cc(N2CCCC(N3CCN(Cc4nnc(C(C)(C)C)o4)CC3)C2=O)cn1. The highest BCUT2D eigenvalue weighted by molar-refractivity contribution is 5.97. The summed E-state index contributed by atoms with van der Waals surface area (Å²) in [4.78, 5) is 19.6. The van der Waals surface area contributed by atoms with Crippen LogP contribution in [0.3, 0.4) is 0 Å². The lowest BCUT2D eigenvalue weighted by Crippen LogP contribution is -2.57. The van der Waals surface area contributed by atoms with E-state index in [1.54, 1.807) is 10.9 Å². The second-order valence-corrected chi connectivity index (χ2v) is 9.08. The summed E-state index contributed by atoms with van der Waals surface area (Å²) < 4.78 is 7.57. The van der Waals surface area contributed by atoms with Crippen molar-refractivity contribution in [1.29, 1.82) is 0 Å². The number of anilines is 1. The molecule has 158 valence electrons. The molecule has 0 radical (unpaired) electrons. The van der Waals surface area contributed by atoms with Gasteiger partial charge < -0.3 is 9.32 Å². The van der Waals surface area contributed by atoms with Crippen molar-refractivity contribution in [3.63, 3.8) is 0 Å². The fourth-order valence-electron chi connectivity index (χ4n) is 4.04. The number of hydrogen-bond acceptors (Lipinski definition) is 7. The van der Waals surface area contributed by atoms with E-state index >= 15 is 0 Å². The molecule has 0 aromatic carbocycles. The van der Waals surface area contributed by atoms with Crippen LogP contribution in [0.1, 0.15) is 45.4 Å². The third kappa shape index (κ3) is 4.35. The van der Waals surface area contributed by atoms with Crippen LogP contribution >= 0.6 is 0 Å². The highest BCUT2D eigenvalue weighted by Crippen LogP contribution is 2.25. The molecule has 0 aliphatic carbocycles. The molecule has 1 atom stereocenters. The first-order chi connectivity index (χ1) is 13.8. The van der Waals surface area contributed by atoms with Crippen molar-refractivity contribution in [2.24, 2.45) is 7.05 Å². The molecule has 2 aliphatic heterocycles. The number of piperazine rings is 1. The van der Waals surface area contributed by atoms with E-state index in [-0.39, 0.29) is 17.4 Å². The fraction of sp³-hybridized carbons (Fsp3) is 0.700. The molecule has 0 saturated carbocycles. The van der Waals surface area contributed by atoms with E-state index < -0.39 is 0 Å². The Bertz CT molecular complexity index is 845. The summed E-state index contributed by atoms with van der Waals surface area (Å²) in [5.74, 6) is 1.54. The number of carbonyl (C=O) groups is 1.